The predicted octanol–water partition coefficient (Wildman–Crippen LogP) is 3.94. The van der Waals surface area contributed by atoms with E-state index < -0.39 is 16.4 Å². The lowest BCUT2D eigenvalue weighted by Gasteiger charge is -2.40. The lowest BCUT2D eigenvalue weighted by Crippen LogP contribution is -2.53. The highest BCUT2D eigenvalue weighted by Gasteiger charge is 2.48. The molecule has 2 N–H and O–H groups in total. The van der Waals surface area contributed by atoms with E-state index in [2.05, 4.69) is 20.8 Å². The van der Waals surface area contributed by atoms with Gasteiger partial charge < -0.3 is 23.1 Å². The molecular formula is C15H35O6PSi. The smallest absolute Gasteiger partial charge is 0.373 e. The molecule has 0 saturated heterocycles. The summed E-state index contributed by atoms with van der Waals surface area (Å²) in [6, 6.07) is 0.152. The van der Waals surface area contributed by atoms with Gasteiger partial charge in [-0.2, -0.15) is 0 Å². The van der Waals surface area contributed by atoms with Gasteiger partial charge >= 0.3 is 16.4 Å². The third-order valence-corrected chi connectivity index (χ3v) is 8.19. The number of hydrogen-bond donors (Lipinski definition) is 2. The van der Waals surface area contributed by atoms with Crippen LogP contribution in [0, 0.1) is 0 Å². The van der Waals surface area contributed by atoms with E-state index in [0.29, 0.717) is 13.2 Å². The average Bonchev–Trinajstić information content (AvgIpc) is 2.53. The van der Waals surface area contributed by atoms with Gasteiger partial charge in [-0.1, -0.05) is 34.6 Å². The molecule has 0 aliphatic heterocycles. The second-order valence-corrected chi connectivity index (χ2v) is 10.3. The van der Waals surface area contributed by atoms with Crippen molar-refractivity contribution in [3.63, 3.8) is 0 Å². The summed E-state index contributed by atoms with van der Waals surface area (Å²) in [6.45, 7) is 11.1. The summed E-state index contributed by atoms with van der Waals surface area (Å²) in [5, 5.41) is 0. The van der Waals surface area contributed by atoms with Crippen LogP contribution in [0.1, 0.15) is 66.7 Å². The second-order valence-electron chi connectivity index (χ2n) is 5.86. The molecule has 0 amide bonds. The van der Waals surface area contributed by atoms with Crippen molar-refractivity contribution in [3.05, 3.63) is 0 Å². The molecule has 8 heteroatoms. The largest absolute Gasteiger partial charge is 0.502 e. The Morgan fingerprint density at radius 2 is 1.35 bits per heavy atom. The molecule has 0 saturated carbocycles. The molecule has 0 aliphatic carbocycles. The first-order valence-electron chi connectivity index (χ1n) is 8.74. The highest BCUT2D eigenvalue weighted by molar-refractivity contribution is 7.51. The summed E-state index contributed by atoms with van der Waals surface area (Å²) < 4.78 is 29.8. The molecule has 6 nitrogen and oxygen atoms in total. The van der Waals surface area contributed by atoms with Crippen molar-refractivity contribution < 1.29 is 27.6 Å². The van der Waals surface area contributed by atoms with Gasteiger partial charge in [-0.25, -0.2) is 0 Å². The molecule has 0 aliphatic rings. The van der Waals surface area contributed by atoms with Crippen LogP contribution in [0.3, 0.4) is 0 Å². The fourth-order valence-corrected chi connectivity index (χ4v) is 7.37. The zero-order valence-corrected chi connectivity index (χ0v) is 17.2. The van der Waals surface area contributed by atoms with Gasteiger partial charge in [0, 0.05) is 19.3 Å². The lowest BCUT2D eigenvalue weighted by molar-refractivity contribution is -0.0396. The van der Waals surface area contributed by atoms with Gasteiger partial charge in [0.2, 0.25) is 0 Å². The summed E-state index contributed by atoms with van der Waals surface area (Å²) in [5.41, 5.74) is -0.359. The van der Waals surface area contributed by atoms with Gasteiger partial charge in [0.25, 0.3) is 0 Å². The van der Waals surface area contributed by atoms with E-state index in [-0.39, 0.29) is 17.8 Å². The van der Waals surface area contributed by atoms with Crippen molar-refractivity contribution in [3.8, 4) is 0 Å². The highest BCUT2D eigenvalue weighted by atomic mass is 31.2. The van der Waals surface area contributed by atoms with E-state index in [1.54, 1.807) is 0 Å². The lowest BCUT2D eigenvalue weighted by atomic mass is 9.95. The van der Waals surface area contributed by atoms with Gasteiger partial charge in [0.1, 0.15) is 0 Å². The quantitative estimate of drug-likeness (QED) is 0.356. The molecule has 0 rings (SSSR count). The maximum Gasteiger partial charge on any atom is 0.502 e. The number of rotatable bonds is 14. The topological polar surface area (TPSA) is 85.2 Å². The molecule has 23 heavy (non-hydrogen) atoms. The first kappa shape index (κ1) is 23.2. The van der Waals surface area contributed by atoms with E-state index in [0.717, 1.165) is 32.1 Å². The molecule has 0 aromatic rings. The Hall–Kier alpha value is 0.247. The van der Waals surface area contributed by atoms with Crippen LogP contribution >= 0.6 is 7.60 Å². The Kier molecular flexibility index (Phi) is 11.1. The summed E-state index contributed by atoms with van der Waals surface area (Å²) in [4.78, 5) is 18.5. The third kappa shape index (κ3) is 8.77. The Morgan fingerprint density at radius 3 is 1.65 bits per heavy atom. The maximum atomic E-state index is 11.3. The van der Waals surface area contributed by atoms with Gasteiger partial charge in [-0.3, -0.25) is 4.57 Å². The Bertz CT molecular complexity index is 340. The first-order valence-corrected chi connectivity index (χ1v) is 12.5. The van der Waals surface area contributed by atoms with Crippen molar-refractivity contribution in [1.29, 1.82) is 0 Å². The standard InChI is InChI=1S/C15H35O6PSi/c1-6-11-19-23(20-12-7-2,14-13-22(16,17)18)21-15(8-3,9-4)10-5/h6-14H2,1-5H3,(H2,16,17,18). The summed E-state index contributed by atoms with van der Waals surface area (Å²) in [6.07, 6.45) is 3.79. The Labute approximate surface area is 142 Å². The van der Waals surface area contributed by atoms with Crippen LogP contribution in [-0.2, 0) is 17.8 Å². The summed E-state index contributed by atoms with van der Waals surface area (Å²) in [7, 11) is -7.26. The summed E-state index contributed by atoms with van der Waals surface area (Å²) >= 11 is 0. The van der Waals surface area contributed by atoms with Crippen LogP contribution in [0.4, 0.5) is 0 Å². The Morgan fingerprint density at radius 1 is 0.913 bits per heavy atom. The van der Waals surface area contributed by atoms with E-state index in [1.807, 2.05) is 13.8 Å². The van der Waals surface area contributed by atoms with Crippen molar-refractivity contribution in [1.82, 2.24) is 0 Å². The van der Waals surface area contributed by atoms with Gasteiger partial charge in [0.15, 0.2) is 0 Å². The fraction of sp³-hybridized carbons (Fsp3) is 1.00. The van der Waals surface area contributed by atoms with Crippen molar-refractivity contribution in [2.24, 2.45) is 0 Å². The molecule has 0 aromatic heterocycles. The SMILES string of the molecule is CCCO[Si](CCP(=O)(O)O)(OCCC)OC(CC)(CC)CC. The fourth-order valence-electron chi connectivity index (χ4n) is 2.39. The predicted molar refractivity (Wildman–Crippen MR) is 94.6 cm³/mol. The van der Waals surface area contributed by atoms with Crippen LogP contribution in [-0.4, -0.2) is 43.6 Å². The van der Waals surface area contributed by atoms with E-state index in [9.17, 15) is 14.4 Å². The molecule has 0 unspecified atom stereocenters. The zero-order valence-electron chi connectivity index (χ0n) is 15.3. The van der Waals surface area contributed by atoms with Crippen LogP contribution in [0.2, 0.25) is 6.04 Å². The molecule has 0 aromatic carbocycles. The summed E-state index contributed by atoms with van der Waals surface area (Å²) in [5.74, 6) is 0. The molecule has 140 valence electrons. The van der Waals surface area contributed by atoms with Gasteiger partial charge in [-0.05, 0) is 32.1 Å². The number of hydrogen-bond acceptors (Lipinski definition) is 4. The molecule has 0 fully saturated rings. The minimum atomic E-state index is -4.12. The Balaban J connectivity index is 5.43. The van der Waals surface area contributed by atoms with E-state index >= 15 is 0 Å². The van der Waals surface area contributed by atoms with E-state index in [4.69, 9.17) is 13.3 Å². The third-order valence-electron chi connectivity index (χ3n) is 4.07. The highest BCUT2D eigenvalue weighted by Crippen LogP contribution is 2.39. The van der Waals surface area contributed by atoms with Crippen LogP contribution in [0.5, 0.6) is 0 Å². The first-order chi connectivity index (χ1) is 10.7. The van der Waals surface area contributed by atoms with Gasteiger partial charge in [-0.15, -0.1) is 0 Å². The normalized spacial score (nSPS) is 13.5. The monoisotopic (exact) mass is 370 g/mol. The molecule has 0 radical (unpaired) electrons. The van der Waals surface area contributed by atoms with Crippen LogP contribution in [0.15, 0.2) is 0 Å². The second kappa shape index (κ2) is 11.0. The van der Waals surface area contributed by atoms with Crippen LogP contribution < -0.4 is 0 Å². The minimum absolute atomic E-state index is 0.152. The molecular weight excluding hydrogens is 335 g/mol. The molecule has 0 spiro atoms. The van der Waals surface area contributed by atoms with Crippen molar-refractivity contribution in [2.45, 2.75) is 78.4 Å². The van der Waals surface area contributed by atoms with Gasteiger partial charge in [0.05, 0.1) is 11.8 Å². The molecule has 0 bridgehead atoms. The molecule has 0 atom stereocenters. The molecule has 0 heterocycles. The zero-order chi connectivity index (χ0) is 18.0. The van der Waals surface area contributed by atoms with E-state index in [1.165, 1.54) is 0 Å². The van der Waals surface area contributed by atoms with Crippen molar-refractivity contribution >= 4 is 16.4 Å². The minimum Gasteiger partial charge on any atom is -0.373 e. The average molecular weight is 370 g/mol. The maximum absolute atomic E-state index is 11.3. The van der Waals surface area contributed by atoms with Crippen LogP contribution in [0.25, 0.3) is 0 Å². The van der Waals surface area contributed by atoms with Crippen molar-refractivity contribution in [2.75, 3.05) is 19.4 Å².